The third kappa shape index (κ3) is 5.42. The number of fused-ring (bicyclic) bond motifs is 1. The zero-order valence-corrected chi connectivity index (χ0v) is 20.1. The molecule has 9 heteroatoms. The molecule has 1 heterocycles. The van der Waals surface area contributed by atoms with Crippen LogP contribution in [0, 0.1) is 6.92 Å². The van der Waals surface area contributed by atoms with Crippen LogP contribution in [0.5, 0.6) is 11.5 Å². The number of methoxy groups -OCH3 is 1. The number of ether oxygens (including phenoxy) is 2. The van der Waals surface area contributed by atoms with Gasteiger partial charge in [-0.15, -0.1) is 0 Å². The van der Waals surface area contributed by atoms with E-state index in [1.165, 1.54) is 31.2 Å². The van der Waals surface area contributed by atoms with E-state index >= 15 is 0 Å². The van der Waals surface area contributed by atoms with Crippen molar-refractivity contribution in [1.29, 1.82) is 0 Å². The van der Waals surface area contributed by atoms with Gasteiger partial charge in [0.05, 0.1) is 12.0 Å². The van der Waals surface area contributed by atoms with Gasteiger partial charge in [0.25, 0.3) is 0 Å². The Kier molecular flexibility index (Phi) is 6.72. The lowest BCUT2D eigenvalue weighted by molar-refractivity contribution is -0.135. The SMILES string of the molecule is COc1ccc(-c2cc(=O)oc3cc(OC(=O)C(C)NS(=O)(=O)c4ccc(C)cc4)ccc23)cc1. The maximum absolute atomic E-state index is 12.6. The molecular formula is C26H23NO7S. The lowest BCUT2D eigenvalue weighted by atomic mass is 10.0. The fourth-order valence-corrected chi connectivity index (χ4v) is 4.68. The Morgan fingerprint density at radius 3 is 2.26 bits per heavy atom. The van der Waals surface area contributed by atoms with Crippen molar-refractivity contribution in [3.8, 4) is 22.6 Å². The number of esters is 1. The van der Waals surface area contributed by atoms with E-state index in [1.54, 1.807) is 43.5 Å². The summed E-state index contributed by atoms with van der Waals surface area (Å²) in [6, 6.07) is 18.3. The predicted octanol–water partition coefficient (Wildman–Crippen LogP) is 4.05. The van der Waals surface area contributed by atoms with Crippen molar-refractivity contribution in [3.05, 3.63) is 88.8 Å². The first-order chi connectivity index (χ1) is 16.7. The van der Waals surface area contributed by atoms with E-state index in [0.717, 1.165) is 11.1 Å². The number of aryl methyl sites for hydroxylation is 1. The first-order valence-electron chi connectivity index (χ1n) is 10.7. The fourth-order valence-electron chi connectivity index (χ4n) is 3.49. The van der Waals surface area contributed by atoms with Crippen molar-refractivity contribution in [2.45, 2.75) is 24.8 Å². The first kappa shape index (κ1) is 24.2. The molecule has 0 saturated heterocycles. The number of benzene rings is 3. The van der Waals surface area contributed by atoms with Crippen LogP contribution in [0.1, 0.15) is 12.5 Å². The number of carbonyl (C=O) groups is 1. The highest BCUT2D eigenvalue weighted by Crippen LogP contribution is 2.30. The molecular weight excluding hydrogens is 470 g/mol. The highest BCUT2D eigenvalue weighted by molar-refractivity contribution is 7.89. The van der Waals surface area contributed by atoms with Crippen LogP contribution in [0.4, 0.5) is 0 Å². The summed E-state index contributed by atoms with van der Waals surface area (Å²) in [5.41, 5.74) is 2.01. The molecule has 1 aromatic heterocycles. The summed E-state index contributed by atoms with van der Waals surface area (Å²) in [5, 5.41) is 0.641. The van der Waals surface area contributed by atoms with E-state index < -0.39 is 27.7 Å². The minimum absolute atomic E-state index is 0.0429. The summed E-state index contributed by atoms with van der Waals surface area (Å²) in [6.07, 6.45) is 0. The molecule has 0 fully saturated rings. The summed E-state index contributed by atoms with van der Waals surface area (Å²) in [7, 11) is -2.35. The molecule has 0 saturated carbocycles. The van der Waals surface area contributed by atoms with Gasteiger partial charge in [-0.25, -0.2) is 18.0 Å². The van der Waals surface area contributed by atoms with Crippen LogP contribution >= 0.6 is 0 Å². The second-order valence-corrected chi connectivity index (χ2v) is 9.66. The molecule has 8 nitrogen and oxygen atoms in total. The first-order valence-corrected chi connectivity index (χ1v) is 12.2. The Hall–Kier alpha value is -3.95. The summed E-state index contributed by atoms with van der Waals surface area (Å²) >= 11 is 0. The smallest absolute Gasteiger partial charge is 0.336 e. The third-order valence-corrected chi connectivity index (χ3v) is 6.91. The quantitative estimate of drug-likeness (QED) is 0.235. The molecule has 1 unspecified atom stereocenters. The molecule has 35 heavy (non-hydrogen) atoms. The van der Waals surface area contributed by atoms with Crippen molar-refractivity contribution in [1.82, 2.24) is 4.72 Å². The zero-order valence-electron chi connectivity index (χ0n) is 19.3. The summed E-state index contributed by atoms with van der Waals surface area (Å²) in [4.78, 5) is 24.8. The van der Waals surface area contributed by atoms with E-state index in [0.29, 0.717) is 16.7 Å². The van der Waals surface area contributed by atoms with Gasteiger partial charge in [0.2, 0.25) is 10.0 Å². The molecule has 0 bridgehead atoms. The van der Waals surface area contributed by atoms with Crippen LogP contribution < -0.4 is 19.8 Å². The molecule has 0 spiro atoms. The minimum atomic E-state index is -3.91. The second kappa shape index (κ2) is 9.73. The summed E-state index contributed by atoms with van der Waals surface area (Å²) < 4.78 is 43.3. The second-order valence-electron chi connectivity index (χ2n) is 7.94. The highest BCUT2D eigenvalue weighted by Gasteiger charge is 2.24. The van der Waals surface area contributed by atoms with E-state index in [-0.39, 0.29) is 16.2 Å². The Bertz CT molecular complexity index is 1540. The molecule has 0 aliphatic carbocycles. The average Bonchev–Trinajstić information content (AvgIpc) is 2.83. The minimum Gasteiger partial charge on any atom is -0.497 e. The maximum Gasteiger partial charge on any atom is 0.336 e. The van der Waals surface area contributed by atoms with Crippen LogP contribution in [0.15, 0.2) is 86.9 Å². The van der Waals surface area contributed by atoms with Crippen molar-refractivity contribution in [2.75, 3.05) is 7.11 Å². The van der Waals surface area contributed by atoms with Crippen LogP contribution in [0.3, 0.4) is 0 Å². The van der Waals surface area contributed by atoms with Gasteiger partial charge >= 0.3 is 11.6 Å². The number of nitrogens with one attached hydrogen (secondary N) is 1. The highest BCUT2D eigenvalue weighted by atomic mass is 32.2. The molecule has 1 N–H and O–H groups in total. The largest absolute Gasteiger partial charge is 0.497 e. The van der Waals surface area contributed by atoms with Crippen molar-refractivity contribution in [3.63, 3.8) is 0 Å². The zero-order chi connectivity index (χ0) is 25.2. The van der Waals surface area contributed by atoms with Crippen LogP contribution in [-0.4, -0.2) is 27.5 Å². The van der Waals surface area contributed by atoms with Crippen molar-refractivity contribution >= 4 is 27.0 Å². The number of sulfonamides is 1. The third-order valence-electron chi connectivity index (χ3n) is 5.35. The number of hydrogen-bond donors (Lipinski definition) is 1. The standard InChI is InChI=1S/C26H23NO7S/c1-16-4-11-21(12-5-16)35(30,31)27-17(2)26(29)33-20-10-13-22-23(15-25(28)34-24(22)14-20)18-6-8-19(32-3)9-7-18/h4-15,17,27H,1-3H3. The van der Waals surface area contributed by atoms with Crippen LogP contribution in [-0.2, 0) is 14.8 Å². The lowest BCUT2D eigenvalue weighted by Gasteiger charge is -2.14. The molecule has 0 radical (unpaired) electrons. The predicted molar refractivity (Wildman–Crippen MR) is 131 cm³/mol. The molecule has 1 atom stereocenters. The lowest BCUT2D eigenvalue weighted by Crippen LogP contribution is -2.40. The molecule has 3 aromatic carbocycles. The van der Waals surface area contributed by atoms with Crippen LogP contribution in [0.25, 0.3) is 22.1 Å². The van der Waals surface area contributed by atoms with Gasteiger partial charge in [-0.2, -0.15) is 4.72 Å². The van der Waals surface area contributed by atoms with Gasteiger partial charge in [0.1, 0.15) is 23.1 Å². The van der Waals surface area contributed by atoms with Gasteiger partial charge in [-0.3, -0.25) is 0 Å². The normalized spacial score (nSPS) is 12.3. The van der Waals surface area contributed by atoms with E-state index in [2.05, 4.69) is 4.72 Å². The summed E-state index contributed by atoms with van der Waals surface area (Å²) in [6.45, 7) is 3.23. The Labute approximate surface area is 202 Å². The van der Waals surface area contributed by atoms with Gasteiger partial charge in [-0.05, 0) is 61.4 Å². The maximum atomic E-state index is 12.6. The van der Waals surface area contributed by atoms with Gasteiger partial charge < -0.3 is 13.9 Å². The van der Waals surface area contributed by atoms with Gasteiger partial charge in [0.15, 0.2) is 0 Å². The van der Waals surface area contributed by atoms with E-state index in [9.17, 15) is 18.0 Å². The fraction of sp³-hybridized carbons (Fsp3) is 0.154. The van der Waals surface area contributed by atoms with E-state index in [1.807, 2.05) is 19.1 Å². The molecule has 0 aliphatic heterocycles. The Balaban J connectivity index is 1.55. The topological polar surface area (TPSA) is 112 Å². The average molecular weight is 494 g/mol. The van der Waals surface area contributed by atoms with Gasteiger partial charge in [-0.1, -0.05) is 29.8 Å². The molecule has 4 aromatic rings. The van der Waals surface area contributed by atoms with Crippen molar-refractivity contribution in [2.24, 2.45) is 0 Å². The molecule has 4 rings (SSSR count). The number of rotatable bonds is 7. The van der Waals surface area contributed by atoms with Gasteiger partial charge in [0, 0.05) is 17.5 Å². The number of hydrogen-bond acceptors (Lipinski definition) is 7. The molecule has 180 valence electrons. The number of carbonyl (C=O) groups excluding carboxylic acids is 1. The van der Waals surface area contributed by atoms with E-state index in [4.69, 9.17) is 13.9 Å². The van der Waals surface area contributed by atoms with Crippen molar-refractivity contribution < 1.29 is 27.1 Å². The Morgan fingerprint density at radius 2 is 1.60 bits per heavy atom. The van der Waals surface area contributed by atoms with Crippen LogP contribution in [0.2, 0.25) is 0 Å². The molecule has 0 amide bonds. The molecule has 0 aliphatic rings. The monoisotopic (exact) mass is 493 g/mol. The Morgan fingerprint density at radius 1 is 0.943 bits per heavy atom. The summed E-state index contributed by atoms with van der Waals surface area (Å²) in [5.74, 6) is -0.0186.